The van der Waals surface area contributed by atoms with E-state index in [4.69, 9.17) is 9.47 Å². The van der Waals surface area contributed by atoms with Crippen LogP contribution in [0.1, 0.15) is 75.5 Å². The van der Waals surface area contributed by atoms with Gasteiger partial charge in [0.2, 0.25) is 0 Å². The smallest absolute Gasteiger partial charge is 0.161 e. The van der Waals surface area contributed by atoms with Gasteiger partial charge in [0.25, 0.3) is 0 Å². The van der Waals surface area contributed by atoms with Crippen molar-refractivity contribution in [3.63, 3.8) is 0 Å². The lowest BCUT2D eigenvalue weighted by Crippen LogP contribution is -2.14. The molecule has 0 amide bonds. The van der Waals surface area contributed by atoms with Gasteiger partial charge in [0.1, 0.15) is 18.1 Å². The highest BCUT2D eigenvalue weighted by molar-refractivity contribution is 5.87. The van der Waals surface area contributed by atoms with Crippen molar-refractivity contribution in [3.05, 3.63) is 65.2 Å². The lowest BCUT2D eigenvalue weighted by atomic mass is 10.00. The Morgan fingerprint density at radius 2 is 1.75 bits per heavy atom. The van der Waals surface area contributed by atoms with E-state index >= 15 is 0 Å². The molecule has 3 aromatic rings. The van der Waals surface area contributed by atoms with E-state index in [1.54, 1.807) is 13.2 Å². The van der Waals surface area contributed by atoms with Gasteiger partial charge in [-0.2, -0.15) is 0 Å². The predicted octanol–water partition coefficient (Wildman–Crippen LogP) is 6.92. The summed E-state index contributed by atoms with van der Waals surface area (Å²) in [5.74, 6) is 1.66. The molecule has 1 unspecified atom stereocenters. The third kappa shape index (κ3) is 7.99. The Morgan fingerprint density at radius 3 is 2.50 bits per heavy atom. The Labute approximate surface area is 215 Å². The van der Waals surface area contributed by atoms with Crippen molar-refractivity contribution in [2.75, 3.05) is 7.11 Å². The number of hydrogen-bond acceptors (Lipinski definition) is 5. The minimum Gasteiger partial charge on any atom is -0.508 e. The molecule has 0 aliphatic rings. The van der Waals surface area contributed by atoms with Gasteiger partial charge in [0, 0.05) is 12.8 Å². The summed E-state index contributed by atoms with van der Waals surface area (Å²) in [6, 6.07) is 15.5. The van der Waals surface area contributed by atoms with Gasteiger partial charge in [-0.25, -0.2) is 0 Å². The number of rotatable bonds is 15. The first-order valence-corrected chi connectivity index (χ1v) is 13.2. The van der Waals surface area contributed by atoms with E-state index in [0.717, 1.165) is 53.1 Å². The highest BCUT2D eigenvalue weighted by Crippen LogP contribution is 2.31. The highest BCUT2D eigenvalue weighted by atomic mass is 16.5. The predicted molar refractivity (Wildman–Crippen MR) is 145 cm³/mol. The van der Waals surface area contributed by atoms with Crippen LogP contribution < -0.4 is 9.47 Å². The van der Waals surface area contributed by atoms with Gasteiger partial charge in [-0.3, -0.25) is 4.79 Å². The van der Waals surface area contributed by atoms with Gasteiger partial charge in [0.15, 0.2) is 11.5 Å². The van der Waals surface area contributed by atoms with E-state index in [2.05, 4.69) is 19.9 Å². The number of aromatic hydroxyl groups is 1. The molecule has 0 spiro atoms. The first-order valence-electron chi connectivity index (χ1n) is 13.2. The lowest BCUT2D eigenvalue weighted by Gasteiger charge is -2.14. The van der Waals surface area contributed by atoms with Crippen LogP contribution in [0, 0.1) is 0 Å². The van der Waals surface area contributed by atoms with Gasteiger partial charge >= 0.3 is 0 Å². The summed E-state index contributed by atoms with van der Waals surface area (Å²) in [6.45, 7) is 4.61. The van der Waals surface area contributed by atoms with Crippen LogP contribution in [0.5, 0.6) is 17.2 Å². The number of fused-ring (bicyclic) bond motifs is 1. The average molecular weight is 493 g/mol. The van der Waals surface area contributed by atoms with Crippen molar-refractivity contribution in [2.45, 2.75) is 84.3 Å². The zero-order valence-electron chi connectivity index (χ0n) is 21.9. The number of Topliss-reactive ketones (excluding diaryl/α,β-unsaturated/α-hetero) is 1. The topological polar surface area (TPSA) is 76.0 Å². The number of hydrogen-bond donors (Lipinski definition) is 2. The lowest BCUT2D eigenvalue weighted by molar-refractivity contribution is -0.121. The molecule has 0 saturated carbocycles. The molecular weight excluding hydrogens is 452 g/mol. The van der Waals surface area contributed by atoms with Crippen LogP contribution in [-0.4, -0.2) is 29.2 Å². The first kappa shape index (κ1) is 27.5. The van der Waals surface area contributed by atoms with Crippen molar-refractivity contribution in [1.29, 1.82) is 0 Å². The Balaban J connectivity index is 1.59. The fourth-order valence-corrected chi connectivity index (χ4v) is 4.55. The third-order valence-corrected chi connectivity index (χ3v) is 6.64. The van der Waals surface area contributed by atoms with Crippen LogP contribution in [0.2, 0.25) is 0 Å². The maximum atomic E-state index is 12.4. The Morgan fingerprint density at radius 1 is 0.944 bits per heavy atom. The molecule has 36 heavy (non-hydrogen) atoms. The fraction of sp³-hybridized carbons (Fsp3) is 0.452. The molecule has 1 atom stereocenters. The summed E-state index contributed by atoms with van der Waals surface area (Å²) >= 11 is 0. The van der Waals surface area contributed by atoms with Gasteiger partial charge in [-0.15, -0.1) is 0 Å². The number of unbranched alkanes of at least 4 members (excludes halogenated alkanes) is 3. The minimum absolute atomic E-state index is 0.0882. The van der Waals surface area contributed by atoms with E-state index in [0.29, 0.717) is 37.4 Å². The molecular formula is C31H40O5. The number of aliphatic hydroxyl groups excluding tert-OH is 1. The Hall–Kier alpha value is -3.05. The molecule has 0 saturated heterocycles. The van der Waals surface area contributed by atoms with Crippen LogP contribution >= 0.6 is 0 Å². The summed E-state index contributed by atoms with van der Waals surface area (Å²) in [7, 11) is 1.61. The van der Waals surface area contributed by atoms with Gasteiger partial charge in [-0.1, -0.05) is 57.7 Å². The maximum absolute atomic E-state index is 12.4. The number of ether oxygens (including phenoxy) is 2. The number of phenolic OH excluding ortho intramolecular Hbond substituents is 1. The Kier molecular flexibility index (Phi) is 10.6. The van der Waals surface area contributed by atoms with E-state index in [1.807, 2.05) is 36.4 Å². The molecule has 0 fully saturated rings. The molecule has 3 aromatic carbocycles. The molecule has 3 rings (SSSR count). The Bertz CT molecular complexity index is 1140. The third-order valence-electron chi connectivity index (χ3n) is 6.64. The molecule has 0 bridgehead atoms. The van der Waals surface area contributed by atoms with Gasteiger partial charge < -0.3 is 19.7 Å². The molecule has 0 aliphatic heterocycles. The second kappa shape index (κ2) is 13.9. The zero-order valence-corrected chi connectivity index (χ0v) is 21.9. The maximum Gasteiger partial charge on any atom is 0.161 e. The average Bonchev–Trinajstić information content (AvgIpc) is 2.88. The molecule has 5 heteroatoms. The number of methoxy groups -OCH3 is 1. The molecule has 0 aromatic heterocycles. The van der Waals surface area contributed by atoms with Crippen molar-refractivity contribution >= 4 is 16.6 Å². The first-order chi connectivity index (χ1) is 17.4. The minimum atomic E-state index is -0.539. The van der Waals surface area contributed by atoms with Crippen LogP contribution in [0.15, 0.2) is 48.5 Å². The fourth-order valence-electron chi connectivity index (χ4n) is 4.55. The molecule has 2 N–H and O–H groups in total. The number of ketones is 1. The highest BCUT2D eigenvalue weighted by Gasteiger charge is 2.13. The SMILES string of the molecule is CCCCCCC(O)CC(=O)CCc1ccc(OC)c(OCc2ccc3cc(O)cc(CC)c3c2)c1. The van der Waals surface area contributed by atoms with Crippen molar-refractivity contribution in [2.24, 2.45) is 0 Å². The number of benzene rings is 3. The van der Waals surface area contributed by atoms with Gasteiger partial charge in [0.05, 0.1) is 13.2 Å². The van der Waals surface area contributed by atoms with Crippen LogP contribution in [0.4, 0.5) is 0 Å². The summed E-state index contributed by atoms with van der Waals surface area (Å²) in [5, 5.41) is 22.2. The second-order valence-corrected chi connectivity index (χ2v) is 9.53. The van der Waals surface area contributed by atoms with E-state index in [9.17, 15) is 15.0 Å². The zero-order chi connectivity index (χ0) is 25.9. The molecule has 0 radical (unpaired) electrons. The van der Waals surface area contributed by atoms with Crippen LogP contribution in [0.25, 0.3) is 10.8 Å². The van der Waals surface area contributed by atoms with E-state index in [1.165, 1.54) is 6.42 Å². The molecule has 5 nitrogen and oxygen atoms in total. The van der Waals surface area contributed by atoms with Crippen LogP contribution in [0.3, 0.4) is 0 Å². The number of aliphatic hydroxyl groups is 1. The van der Waals surface area contributed by atoms with E-state index < -0.39 is 6.10 Å². The van der Waals surface area contributed by atoms with Crippen molar-refractivity contribution in [3.8, 4) is 17.2 Å². The van der Waals surface area contributed by atoms with E-state index in [-0.39, 0.29) is 18.0 Å². The summed E-state index contributed by atoms with van der Waals surface area (Å²) in [5.41, 5.74) is 3.12. The van der Waals surface area contributed by atoms with Gasteiger partial charge in [-0.05, 0) is 77.1 Å². The molecule has 0 heterocycles. The molecule has 0 aliphatic carbocycles. The summed E-state index contributed by atoms with van der Waals surface area (Å²) < 4.78 is 11.6. The standard InChI is InChI=1S/C31H40O5/c1-4-6-7-8-9-26(32)20-27(33)14-11-22-12-15-30(35-3)31(17-22)36-21-23-10-13-25-19-28(34)18-24(5-2)29(25)16-23/h10,12-13,15-19,26,32,34H,4-9,11,14,20-21H2,1-3H3. The quantitative estimate of drug-likeness (QED) is 0.225. The monoisotopic (exact) mass is 492 g/mol. The summed E-state index contributed by atoms with van der Waals surface area (Å²) in [6.07, 6.45) is 6.63. The largest absolute Gasteiger partial charge is 0.508 e. The van der Waals surface area contributed by atoms with Crippen LogP contribution in [-0.2, 0) is 24.2 Å². The summed E-state index contributed by atoms with van der Waals surface area (Å²) in [4.78, 5) is 12.4. The number of aryl methyl sites for hydroxylation is 2. The second-order valence-electron chi connectivity index (χ2n) is 9.53. The molecule has 194 valence electrons. The van der Waals surface area contributed by atoms with Crippen molar-refractivity contribution in [1.82, 2.24) is 0 Å². The number of carbonyl (C=O) groups is 1. The number of carbonyl (C=O) groups excluding carboxylic acids is 1. The van der Waals surface area contributed by atoms with Crippen molar-refractivity contribution < 1.29 is 24.5 Å². The normalized spacial score (nSPS) is 12.0. The number of phenols is 1.